The van der Waals surface area contributed by atoms with Crippen LogP contribution in [0.3, 0.4) is 0 Å². The number of nitro groups is 1. The predicted molar refractivity (Wildman–Crippen MR) is 81.8 cm³/mol. The van der Waals surface area contributed by atoms with E-state index in [9.17, 15) is 14.9 Å². The van der Waals surface area contributed by atoms with E-state index in [-0.39, 0.29) is 23.9 Å². The lowest BCUT2D eigenvalue weighted by Crippen LogP contribution is -2.40. The first kappa shape index (κ1) is 14.8. The van der Waals surface area contributed by atoms with Crippen LogP contribution in [0, 0.1) is 10.1 Å². The Morgan fingerprint density at radius 3 is 2.65 bits per heavy atom. The van der Waals surface area contributed by atoms with Crippen LogP contribution in [0.25, 0.3) is 0 Å². The lowest BCUT2D eigenvalue weighted by molar-refractivity contribution is -0.385. The SMILES string of the molecule is O=C(NCC1COc2ccccc2O1)c1ccccc1[N+](=O)[O-]. The molecule has 0 saturated carbocycles. The van der Waals surface area contributed by atoms with Gasteiger partial charge in [-0.05, 0) is 18.2 Å². The van der Waals surface area contributed by atoms with Crippen molar-refractivity contribution in [3.63, 3.8) is 0 Å². The molecule has 2 aromatic rings. The zero-order chi connectivity index (χ0) is 16.2. The molecule has 7 heteroatoms. The molecule has 0 aliphatic carbocycles. The fourth-order valence-electron chi connectivity index (χ4n) is 2.29. The molecular formula is C16H14N2O5. The first-order valence-electron chi connectivity index (χ1n) is 7.05. The maximum absolute atomic E-state index is 12.1. The molecule has 2 aromatic carbocycles. The highest BCUT2D eigenvalue weighted by Gasteiger charge is 2.23. The number of hydrogen-bond acceptors (Lipinski definition) is 5. The van der Waals surface area contributed by atoms with E-state index in [1.165, 1.54) is 18.2 Å². The Morgan fingerprint density at radius 1 is 1.17 bits per heavy atom. The third-order valence-corrected chi connectivity index (χ3v) is 3.40. The molecule has 118 valence electrons. The topological polar surface area (TPSA) is 90.7 Å². The number of nitro benzene ring substituents is 1. The first-order chi connectivity index (χ1) is 11.1. The Labute approximate surface area is 132 Å². The molecule has 0 fully saturated rings. The maximum Gasteiger partial charge on any atom is 0.282 e. The standard InChI is InChI=1S/C16H14N2O5/c19-16(12-5-1-2-6-13(12)18(20)21)17-9-11-10-22-14-7-3-4-8-15(14)23-11/h1-8,11H,9-10H2,(H,17,19). The molecule has 0 bridgehead atoms. The lowest BCUT2D eigenvalue weighted by atomic mass is 10.1. The molecule has 1 heterocycles. The highest BCUT2D eigenvalue weighted by atomic mass is 16.6. The monoisotopic (exact) mass is 314 g/mol. The van der Waals surface area contributed by atoms with Crippen molar-refractivity contribution in [2.75, 3.05) is 13.2 Å². The van der Waals surface area contributed by atoms with Gasteiger partial charge in [-0.25, -0.2) is 0 Å². The number of para-hydroxylation sites is 3. The van der Waals surface area contributed by atoms with Crippen LogP contribution in [0.2, 0.25) is 0 Å². The van der Waals surface area contributed by atoms with E-state index in [0.717, 1.165) is 0 Å². The molecule has 3 rings (SSSR count). The number of amides is 1. The number of nitrogens with one attached hydrogen (secondary N) is 1. The summed E-state index contributed by atoms with van der Waals surface area (Å²) in [5.74, 6) is 0.761. The van der Waals surface area contributed by atoms with Crippen molar-refractivity contribution in [2.24, 2.45) is 0 Å². The van der Waals surface area contributed by atoms with Gasteiger partial charge in [-0.15, -0.1) is 0 Å². The van der Waals surface area contributed by atoms with Crippen molar-refractivity contribution >= 4 is 11.6 Å². The number of ether oxygens (including phenoxy) is 2. The minimum absolute atomic E-state index is 0.0228. The second-order valence-electron chi connectivity index (χ2n) is 4.98. The molecule has 7 nitrogen and oxygen atoms in total. The number of fused-ring (bicyclic) bond motifs is 1. The summed E-state index contributed by atoms with van der Waals surface area (Å²) in [5.41, 5.74) is -0.203. The fraction of sp³-hybridized carbons (Fsp3) is 0.188. The summed E-state index contributed by atoms with van der Waals surface area (Å²) in [5, 5.41) is 13.6. The normalized spacial score (nSPS) is 15.7. The predicted octanol–water partition coefficient (Wildman–Crippen LogP) is 2.16. The van der Waals surface area contributed by atoms with E-state index >= 15 is 0 Å². The van der Waals surface area contributed by atoms with Crippen molar-refractivity contribution in [2.45, 2.75) is 6.10 Å². The van der Waals surface area contributed by atoms with Crippen LogP contribution in [-0.2, 0) is 0 Å². The molecule has 1 aliphatic rings. The van der Waals surface area contributed by atoms with Gasteiger partial charge in [-0.1, -0.05) is 24.3 Å². The molecule has 1 amide bonds. The quantitative estimate of drug-likeness (QED) is 0.690. The van der Waals surface area contributed by atoms with Gasteiger partial charge in [0.1, 0.15) is 18.3 Å². The third-order valence-electron chi connectivity index (χ3n) is 3.40. The summed E-state index contributed by atoms with van der Waals surface area (Å²) in [6.45, 7) is 0.493. The molecule has 23 heavy (non-hydrogen) atoms. The summed E-state index contributed by atoms with van der Waals surface area (Å²) in [7, 11) is 0. The van der Waals surface area contributed by atoms with Crippen LogP contribution in [0.1, 0.15) is 10.4 Å². The van der Waals surface area contributed by atoms with Crippen molar-refractivity contribution in [1.29, 1.82) is 0 Å². The van der Waals surface area contributed by atoms with Gasteiger partial charge < -0.3 is 14.8 Å². The summed E-state index contributed by atoms with van der Waals surface area (Å²) in [6, 6.07) is 13.1. The Balaban J connectivity index is 1.63. The lowest BCUT2D eigenvalue weighted by Gasteiger charge is -2.26. The van der Waals surface area contributed by atoms with Gasteiger partial charge in [0.05, 0.1) is 11.5 Å². The van der Waals surface area contributed by atoms with Gasteiger partial charge in [0, 0.05) is 6.07 Å². The first-order valence-corrected chi connectivity index (χ1v) is 7.05. The number of carbonyl (C=O) groups is 1. The van der Waals surface area contributed by atoms with E-state index < -0.39 is 10.8 Å². The number of carbonyl (C=O) groups excluding carboxylic acids is 1. The van der Waals surface area contributed by atoms with Crippen LogP contribution in [0.15, 0.2) is 48.5 Å². The minimum atomic E-state index is -0.578. The summed E-state index contributed by atoms with van der Waals surface area (Å²) < 4.78 is 11.3. The van der Waals surface area contributed by atoms with E-state index in [1.807, 2.05) is 12.1 Å². The largest absolute Gasteiger partial charge is 0.486 e. The number of benzene rings is 2. The summed E-state index contributed by atoms with van der Waals surface area (Å²) in [6.07, 6.45) is -0.350. The van der Waals surface area contributed by atoms with Gasteiger partial charge >= 0.3 is 0 Å². The van der Waals surface area contributed by atoms with E-state index in [2.05, 4.69) is 5.32 Å². The fourth-order valence-corrected chi connectivity index (χ4v) is 2.29. The summed E-state index contributed by atoms with van der Waals surface area (Å²) >= 11 is 0. The van der Waals surface area contributed by atoms with Gasteiger partial charge in [-0.3, -0.25) is 14.9 Å². The molecule has 1 aliphatic heterocycles. The van der Waals surface area contributed by atoms with E-state index in [1.54, 1.807) is 18.2 Å². The van der Waals surface area contributed by atoms with Crippen LogP contribution in [0.4, 0.5) is 5.69 Å². The Morgan fingerprint density at radius 2 is 1.87 bits per heavy atom. The number of rotatable bonds is 4. The highest BCUT2D eigenvalue weighted by molar-refractivity contribution is 5.98. The van der Waals surface area contributed by atoms with Crippen LogP contribution < -0.4 is 14.8 Å². The van der Waals surface area contributed by atoms with Crippen LogP contribution >= 0.6 is 0 Å². The highest BCUT2D eigenvalue weighted by Crippen LogP contribution is 2.30. The van der Waals surface area contributed by atoms with Crippen molar-refractivity contribution in [3.05, 3.63) is 64.2 Å². The number of hydrogen-bond donors (Lipinski definition) is 1. The van der Waals surface area contributed by atoms with Crippen LogP contribution in [-0.4, -0.2) is 30.1 Å². The molecular weight excluding hydrogens is 300 g/mol. The van der Waals surface area contributed by atoms with E-state index in [0.29, 0.717) is 18.1 Å². The second-order valence-corrected chi connectivity index (χ2v) is 4.98. The van der Waals surface area contributed by atoms with Gasteiger partial charge in [0.2, 0.25) is 0 Å². The molecule has 1 unspecified atom stereocenters. The molecule has 0 aromatic heterocycles. The Bertz CT molecular complexity index is 747. The van der Waals surface area contributed by atoms with Crippen molar-refractivity contribution in [3.8, 4) is 11.5 Å². The number of nitrogens with zero attached hydrogens (tertiary/aromatic N) is 1. The molecule has 0 spiro atoms. The van der Waals surface area contributed by atoms with E-state index in [4.69, 9.17) is 9.47 Å². The van der Waals surface area contributed by atoms with Crippen molar-refractivity contribution < 1.29 is 19.2 Å². The maximum atomic E-state index is 12.1. The van der Waals surface area contributed by atoms with Crippen LogP contribution in [0.5, 0.6) is 11.5 Å². The third kappa shape index (κ3) is 3.23. The molecule has 0 radical (unpaired) electrons. The van der Waals surface area contributed by atoms with Gasteiger partial charge in [-0.2, -0.15) is 0 Å². The Kier molecular flexibility index (Phi) is 4.09. The zero-order valence-electron chi connectivity index (χ0n) is 12.1. The van der Waals surface area contributed by atoms with Gasteiger partial charge in [0.25, 0.3) is 11.6 Å². The average Bonchev–Trinajstić information content (AvgIpc) is 2.59. The Hall–Kier alpha value is -3.09. The minimum Gasteiger partial charge on any atom is -0.486 e. The zero-order valence-corrected chi connectivity index (χ0v) is 12.1. The van der Waals surface area contributed by atoms with Gasteiger partial charge in [0.15, 0.2) is 11.5 Å². The smallest absolute Gasteiger partial charge is 0.282 e. The molecule has 1 N–H and O–H groups in total. The van der Waals surface area contributed by atoms with Crippen molar-refractivity contribution in [1.82, 2.24) is 5.32 Å². The molecule has 1 atom stereocenters. The summed E-state index contributed by atoms with van der Waals surface area (Å²) in [4.78, 5) is 22.5. The average molecular weight is 314 g/mol. The molecule has 0 saturated heterocycles. The second kappa shape index (κ2) is 6.35.